The fourth-order valence-corrected chi connectivity index (χ4v) is 3.49. The van der Waals surface area contributed by atoms with Gasteiger partial charge in [-0.2, -0.15) is 4.98 Å². The summed E-state index contributed by atoms with van der Waals surface area (Å²) in [5, 5.41) is 7.00. The molecule has 1 N–H and O–H groups in total. The molecule has 0 aromatic carbocycles. The molecule has 2 fully saturated rings. The molecule has 1 amide bonds. The fourth-order valence-electron chi connectivity index (χ4n) is 3.49. The van der Waals surface area contributed by atoms with Gasteiger partial charge >= 0.3 is 0 Å². The van der Waals surface area contributed by atoms with E-state index in [1.54, 1.807) is 12.4 Å². The van der Waals surface area contributed by atoms with Crippen LogP contribution in [-0.2, 0) is 0 Å². The van der Waals surface area contributed by atoms with Gasteiger partial charge in [-0.1, -0.05) is 5.16 Å². The second-order valence-electron chi connectivity index (χ2n) is 7.64. The number of imidazole rings is 1. The summed E-state index contributed by atoms with van der Waals surface area (Å²) in [6, 6.07) is 3.86. The van der Waals surface area contributed by atoms with Crippen molar-refractivity contribution in [2.75, 3.05) is 0 Å². The molecule has 3 heterocycles. The number of rotatable bonds is 6. The summed E-state index contributed by atoms with van der Waals surface area (Å²) < 4.78 is 7.36. The smallest absolute Gasteiger partial charge is 0.287 e. The molecule has 0 unspecified atom stereocenters. The van der Waals surface area contributed by atoms with Crippen molar-refractivity contribution < 1.29 is 9.32 Å². The maximum Gasteiger partial charge on any atom is 0.287 e. The normalized spacial score (nSPS) is 17.9. The number of carbonyl (C=O) groups excluding carboxylic acids is 1. The van der Waals surface area contributed by atoms with Crippen molar-refractivity contribution in [1.82, 2.24) is 30.0 Å². The lowest BCUT2D eigenvalue weighted by molar-refractivity contribution is 0.0911. The summed E-state index contributed by atoms with van der Waals surface area (Å²) in [6.45, 7) is 1.83. The van der Waals surface area contributed by atoms with E-state index in [9.17, 15) is 4.79 Å². The van der Waals surface area contributed by atoms with E-state index in [-0.39, 0.29) is 5.91 Å². The summed E-state index contributed by atoms with van der Waals surface area (Å²) in [5.41, 5.74) is 1.96. The van der Waals surface area contributed by atoms with Crippen molar-refractivity contribution >= 4 is 5.91 Å². The van der Waals surface area contributed by atoms with E-state index in [4.69, 9.17) is 4.52 Å². The molecule has 1 atom stereocenters. The molecule has 5 rings (SSSR count). The Kier molecular flexibility index (Phi) is 4.18. The Morgan fingerprint density at radius 3 is 2.86 bits per heavy atom. The molecule has 3 aromatic heterocycles. The Labute approximate surface area is 162 Å². The first-order valence-corrected chi connectivity index (χ1v) is 9.82. The number of nitrogens with one attached hydrogen (secondary N) is 1. The van der Waals surface area contributed by atoms with E-state index in [0.29, 0.717) is 29.5 Å². The number of aromatic nitrogens is 5. The maximum atomic E-state index is 12.7. The van der Waals surface area contributed by atoms with Crippen molar-refractivity contribution in [3.63, 3.8) is 0 Å². The van der Waals surface area contributed by atoms with Gasteiger partial charge in [0.2, 0.25) is 11.7 Å². The molecule has 0 saturated heterocycles. The van der Waals surface area contributed by atoms with Crippen molar-refractivity contribution in [2.24, 2.45) is 0 Å². The Morgan fingerprint density at radius 1 is 1.25 bits per heavy atom. The number of hydrogen-bond donors (Lipinski definition) is 1. The van der Waals surface area contributed by atoms with Crippen molar-refractivity contribution in [3.05, 3.63) is 48.1 Å². The van der Waals surface area contributed by atoms with Crippen LogP contribution >= 0.6 is 0 Å². The Hall–Kier alpha value is -3.03. The van der Waals surface area contributed by atoms with Crippen LogP contribution in [0.4, 0.5) is 0 Å². The molecule has 28 heavy (non-hydrogen) atoms. The fraction of sp³-hybridized carbons (Fsp3) is 0.450. The zero-order chi connectivity index (χ0) is 19.1. The molecular formula is C20H22N6O2. The number of carbonyl (C=O) groups is 1. The maximum absolute atomic E-state index is 12.7. The van der Waals surface area contributed by atoms with Gasteiger partial charge in [-0.05, 0) is 51.2 Å². The van der Waals surface area contributed by atoms with Crippen LogP contribution in [0.15, 0.2) is 35.2 Å². The van der Waals surface area contributed by atoms with Crippen molar-refractivity contribution in [1.29, 1.82) is 0 Å². The lowest BCUT2D eigenvalue weighted by Gasteiger charge is -2.28. The highest BCUT2D eigenvalue weighted by Crippen LogP contribution is 2.39. The van der Waals surface area contributed by atoms with Crippen LogP contribution in [0.25, 0.3) is 11.4 Å². The van der Waals surface area contributed by atoms with Gasteiger partial charge in [0.15, 0.2) is 5.82 Å². The first-order chi connectivity index (χ1) is 13.7. The van der Waals surface area contributed by atoms with E-state index < -0.39 is 6.04 Å². The monoisotopic (exact) mass is 378 g/mol. The number of nitrogens with zero attached hydrogens (tertiary/aromatic N) is 5. The third kappa shape index (κ3) is 3.19. The quantitative estimate of drug-likeness (QED) is 0.706. The molecule has 0 radical (unpaired) electrons. The lowest BCUT2D eigenvalue weighted by atomic mass is 9.93. The predicted octanol–water partition coefficient (Wildman–Crippen LogP) is 3.42. The molecule has 2 aliphatic carbocycles. The molecule has 0 spiro atoms. The van der Waals surface area contributed by atoms with Gasteiger partial charge in [0.25, 0.3) is 5.91 Å². The van der Waals surface area contributed by atoms with Gasteiger partial charge < -0.3 is 14.4 Å². The van der Waals surface area contributed by atoms with E-state index in [1.807, 2.05) is 29.8 Å². The molecule has 2 saturated carbocycles. The minimum Gasteiger partial charge on any atom is -0.338 e. The molecule has 8 nitrogen and oxygen atoms in total. The number of amides is 1. The second kappa shape index (κ2) is 6.85. The van der Waals surface area contributed by atoms with Gasteiger partial charge in [0.05, 0.1) is 0 Å². The average molecular weight is 378 g/mol. The molecule has 2 aliphatic rings. The average Bonchev–Trinajstić information content (AvgIpc) is 3.20. The van der Waals surface area contributed by atoms with Gasteiger partial charge in [0, 0.05) is 41.8 Å². The van der Waals surface area contributed by atoms with Gasteiger partial charge in [-0.25, -0.2) is 4.98 Å². The van der Waals surface area contributed by atoms with E-state index in [2.05, 4.69) is 25.4 Å². The summed E-state index contributed by atoms with van der Waals surface area (Å²) in [4.78, 5) is 25.8. The molecular weight excluding hydrogens is 356 g/mol. The number of hydrogen-bond acceptors (Lipinski definition) is 6. The van der Waals surface area contributed by atoms with Gasteiger partial charge in [-0.3, -0.25) is 9.78 Å². The topological polar surface area (TPSA) is 98.7 Å². The van der Waals surface area contributed by atoms with Crippen LogP contribution in [0.3, 0.4) is 0 Å². The van der Waals surface area contributed by atoms with Gasteiger partial charge in [-0.15, -0.1) is 0 Å². The van der Waals surface area contributed by atoms with Crippen LogP contribution in [0.5, 0.6) is 0 Å². The highest BCUT2D eigenvalue weighted by molar-refractivity contribution is 5.91. The zero-order valence-corrected chi connectivity index (χ0v) is 15.7. The van der Waals surface area contributed by atoms with Crippen LogP contribution < -0.4 is 5.32 Å². The Morgan fingerprint density at radius 2 is 2.11 bits per heavy atom. The standard InChI is InChI=1S/C20H22N6O2/c1-12(23-19(27)18-22-9-10-26(18)15-3-2-4-15)20-24-17(25-28-20)14-7-8-21-16(11-14)13-5-6-13/h7-13,15H,2-6H2,1H3,(H,23,27)/t12-/m0/s1. The van der Waals surface area contributed by atoms with Crippen LogP contribution in [0.2, 0.25) is 0 Å². The minimum atomic E-state index is -0.412. The summed E-state index contributed by atoms with van der Waals surface area (Å²) in [7, 11) is 0. The largest absolute Gasteiger partial charge is 0.338 e. The van der Waals surface area contributed by atoms with Gasteiger partial charge in [0.1, 0.15) is 6.04 Å². The zero-order valence-electron chi connectivity index (χ0n) is 15.7. The molecule has 8 heteroatoms. The summed E-state index contributed by atoms with van der Waals surface area (Å²) in [5.74, 6) is 1.64. The van der Waals surface area contributed by atoms with E-state index in [0.717, 1.165) is 24.1 Å². The second-order valence-corrected chi connectivity index (χ2v) is 7.64. The Bertz CT molecular complexity index is 1000. The van der Waals surface area contributed by atoms with Crippen LogP contribution in [-0.4, -0.2) is 30.6 Å². The first kappa shape index (κ1) is 17.1. The van der Waals surface area contributed by atoms with E-state index >= 15 is 0 Å². The van der Waals surface area contributed by atoms with Crippen molar-refractivity contribution in [2.45, 2.75) is 57.0 Å². The SMILES string of the molecule is C[C@H](NC(=O)c1nccn1C1CCC1)c1nc(-c2ccnc(C3CC3)c2)no1. The predicted molar refractivity (Wildman–Crippen MR) is 101 cm³/mol. The van der Waals surface area contributed by atoms with Crippen LogP contribution in [0, 0.1) is 0 Å². The van der Waals surface area contributed by atoms with E-state index in [1.165, 1.54) is 19.3 Å². The van der Waals surface area contributed by atoms with Crippen LogP contribution in [0.1, 0.15) is 79.2 Å². The highest BCUT2D eigenvalue weighted by Gasteiger charge is 2.27. The third-order valence-electron chi connectivity index (χ3n) is 5.53. The third-order valence-corrected chi connectivity index (χ3v) is 5.53. The summed E-state index contributed by atoms with van der Waals surface area (Å²) in [6.07, 6.45) is 11.1. The minimum absolute atomic E-state index is 0.232. The molecule has 144 valence electrons. The first-order valence-electron chi connectivity index (χ1n) is 9.82. The Balaban J connectivity index is 1.30. The van der Waals surface area contributed by atoms with Crippen molar-refractivity contribution in [3.8, 4) is 11.4 Å². The highest BCUT2D eigenvalue weighted by atomic mass is 16.5. The lowest BCUT2D eigenvalue weighted by Crippen LogP contribution is -2.31. The molecule has 0 aliphatic heterocycles. The molecule has 0 bridgehead atoms. The number of pyridine rings is 1. The molecule has 3 aromatic rings. The summed E-state index contributed by atoms with van der Waals surface area (Å²) >= 11 is 0.